The Labute approximate surface area is 186 Å². The zero-order valence-electron chi connectivity index (χ0n) is 17.2. The lowest BCUT2D eigenvalue weighted by Crippen LogP contribution is -2.24. The first-order valence-electron chi connectivity index (χ1n) is 10.0. The molecule has 3 aromatic rings. The van der Waals surface area contributed by atoms with Gasteiger partial charge in [-0.05, 0) is 43.2 Å². The van der Waals surface area contributed by atoms with Crippen molar-refractivity contribution in [2.24, 2.45) is 0 Å². The molecule has 5 nitrogen and oxygen atoms in total. The molecule has 1 N–H and O–H groups in total. The molecule has 0 atom stereocenters. The highest BCUT2D eigenvalue weighted by atomic mass is 32.1. The molecule has 0 aliphatic carbocycles. The quantitative estimate of drug-likeness (QED) is 0.553. The summed E-state index contributed by atoms with van der Waals surface area (Å²) in [6.45, 7) is 2.37. The molecule has 2 aromatic carbocycles. The average Bonchev–Trinajstić information content (AvgIpc) is 3.32. The molecule has 0 bridgehead atoms. The number of hydrogen-bond acceptors (Lipinski definition) is 4. The number of carbonyl (C=O) groups excluding carboxylic acids is 2. The molecule has 0 unspecified atom stereocenters. The van der Waals surface area contributed by atoms with Gasteiger partial charge in [-0.1, -0.05) is 24.3 Å². The maximum absolute atomic E-state index is 12.9. The number of nitrogens with zero attached hydrogens (tertiary/aromatic N) is 2. The third kappa shape index (κ3) is 4.83. The Balaban J connectivity index is 1.48. The van der Waals surface area contributed by atoms with E-state index < -0.39 is 11.7 Å². The van der Waals surface area contributed by atoms with Gasteiger partial charge in [0.2, 0.25) is 5.91 Å². The van der Waals surface area contributed by atoms with Gasteiger partial charge >= 0.3 is 6.18 Å². The maximum Gasteiger partial charge on any atom is 0.416 e. The summed E-state index contributed by atoms with van der Waals surface area (Å²) < 4.78 is 38.8. The summed E-state index contributed by atoms with van der Waals surface area (Å²) in [6.07, 6.45) is -2.87. The Bertz CT molecular complexity index is 1170. The zero-order valence-corrected chi connectivity index (χ0v) is 18.0. The highest BCUT2D eigenvalue weighted by molar-refractivity contribution is 7.16. The first kappa shape index (κ1) is 22.0. The first-order valence-corrected chi connectivity index (χ1v) is 10.9. The molecule has 1 aliphatic rings. The Morgan fingerprint density at radius 3 is 2.69 bits per heavy atom. The van der Waals surface area contributed by atoms with Crippen LogP contribution in [0.1, 0.15) is 45.0 Å². The number of anilines is 2. The summed E-state index contributed by atoms with van der Waals surface area (Å²) in [7, 11) is 0. The van der Waals surface area contributed by atoms with Crippen molar-refractivity contribution >= 4 is 33.8 Å². The molecule has 1 saturated heterocycles. The fraction of sp³-hybridized carbons (Fsp3) is 0.261. The monoisotopic (exact) mass is 459 g/mol. The van der Waals surface area contributed by atoms with Crippen LogP contribution in [0.2, 0.25) is 0 Å². The van der Waals surface area contributed by atoms with Gasteiger partial charge in [-0.2, -0.15) is 13.2 Å². The van der Waals surface area contributed by atoms with Crippen LogP contribution in [0, 0.1) is 6.92 Å². The number of thiazole rings is 1. The number of benzene rings is 2. The highest BCUT2D eigenvalue weighted by Crippen LogP contribution is 2.31. The van der Waals surface area contributed by atoms with Crippen molar-refractivity contribution < 1.29 is 22.8 Å². The number of carbonyl (C=O) groups is 2. The van der Waals surface area contributed by atoms with Crippen LogP contribution in [0.15, 0.2) is 48.5 Å². The number of alkyl halides is 3. The van der Waals surface area contributed by atoms with Gasteiger partial charge in [0.1, 0.15) is 5.00 Å². The van der Waals surface area contributed by atoms with Crippen LogP contribution in [0.5, 0.6) is 0 Å². The number of rotatable bonds is 5. The third-order valence-corrected chi connectivity index (χ3v) is 6.24. The number of amides is 2. The Morgan fingerprint density at radius 2 is 1.97 bits per heavy atom. The summed E-state index contributed by atoms with van der Waals surface area (Å²) in [5, 5.41) is 3.98. The molecule has 0 radical (unpaired) electrons. The minimum absolute atomic E-state index is 0.0418. The van der Waals surface area contributed by atoms with Crippen molar-refractivity contribution in [2.75, 3.05) is 16.8 Å². The first-order chi connectivity index (χ1) is 15.2. The fourth-order valence-electron chi connectivity index (χ4n) is 3.59. The van der Waals surface area contributed by atoms with Crippen molar-refractivity contribution in [1.82, 2.24) is 4.98 Å². The van der Waals surface area contributed by atoms with E-state index in [0.717, 1.165) is 18.6 Å². The lowest BCUT2D eigenvalue weighted by atomic mass is 10.1. The predicted molar refractivity (Wildman–Crippen MR) is 117 cm³/mol. The van der Waals surface area contributed by atoms with E-state index in [-0.39, 0.29) is 18.2 Å². The summed E-state index contributed by atoms with van der Waals surface area (Å²) >= 11 is 1.23. The molecular weight excluding hydrogens is 439 g/mol. The van der Waals surface area contributed by atoms with E-state index in [1.165, 1.54) is 17.4 Å². The van der Waals surface area contributed by atoms with Crippen LogP contribution in [-0.4, -0.2) is 23.3 Å². The summed E-state index contributed by atoms with van der Waals surface area (Å²) in [5.74, 6) is -0.295. The van der Waals surface area contributed by atoms with Crippen molar-refractivity contribution in [3.63, 3.8) is 0 Å². The van der Waals surface area contributed by atoms with Gasteiger partial charge < -0.3 is 10.2 Å². The number of aromatic nitrogens is 1. The molecule has 2 amide bonds. The number of aryl methyl sites for hydroxylation is 1. The predicted octanol–water partition coefficient (Wildman–Crippen LogP) is 5.44. The van der Waals surface area contributed by atoms with Crippen LogP contribution in [0.25, 0.3) is 0 Å². The molecular formula is C23H20F3N3O2S. The largest absolute Gasteiger partial charge is 0.416 e. The van der Waals surface area contributed by atoms with Crippen molar-refractivity contribution in [3.8, 4) is 0 Å². The lowest BCUT2D eigenvalue weighted by Gasteiger charge is -2.16. The van der Waals surface area contributed by atoms with E-state index in [9.17, 15) is 22.8 Å². The molecule has 0 saturated carbocycles. The van der Waals surface area contributed by atoms with Gasteiger partial charge in [-0.25, -0.2) is 4.98 Å². The van der Waals surface area contributed by atoms with Crippen LogP contribution in [0.4, 0.5) is 23.9 Å². The summed E-state index contributed by atoms with van der Waals surface area (Å²) in [5.41, 5.74) is 1.49. The second-order valence-electron chi connectivity index (χ2n) is 7.55. The van der Waals surface area contributed by atoms with Gasteiger partial charge in [0.05, 0.1) is 16.3 Å². The second kappa shape index (κ2) is 8.74. The molecule has 1 aliphatic heterocycles. The summed E-state index contributed by atoms with van der Waals surface area (Å²) in [6, 6.07) is 12.0. The van der Waals surface area contributed by atoms with Gasteiger partial charge in [0, 0.05) is 30.6 Å². The van der Waals surface area contributed by atoms with E-state index in [0.29, 0.717) is 45.5 Å². The molecule has 1 aromatic heterocycles. The molecule has 32 heavy (non-hydrogen) atoms. The SMILES string of the molecule is Cc1nc(Cc2cccc(C(F)(F)F)c2)sc1NC(=O)c1cccc(N2CCCC2=O)c1. The van der Waals surface area contributed by atoms with Crippen LogP contribution < -0.4 is 10.2 Å². The number of halogens is 3. The van der Waals surface area contributed by atoms with Gasteiger partial charge in [-0.15, -0.1) is 11.3 Å². The molecule has 4 rings (SSSR count). The third-order valence-electron chi connectivity index (χ3n) is 5.17. The molecule has 1 fully saturated rings. The molecule has 9 heteroatoms. The highest BCUT2D eigenvalue weighted by Gasteiger charge is 2.30. The number of nitrogens with one attached hydrogen (secondary N) is 1. The van der Waals surface area contributed by atoms with Crippen molar-refractivity contribution in [3.05, 3.63) is 75.9 Å². The minimum atomic E-state index is -4.40. The van der Waals surface area contributed by atoms with Gasteiger partial charge in [0.15, 0.2) is 0 Å². The Hall–Kier alpha value is -3.20. The molecule has 0 spiro atoms. The molecule has 2 heterocycles. The van der Waals surface area contributed by atoms with E-state index in [2.05, 4.69) is 10.3 Å². The topological polar surface area (TPSA) is 62.3 Å². The van der Waals surface area contributed by atoms with E-state index in [1.54, 1.807) is 42.2 Å². The van der Waals surface area contributed by atoms with Crippen LogP contribution >= 0.6 is 11.3 Å². The number of hydrogen-bond donors (Lipinski definition) is 1. The normalized spacial score (nSPS) is 14.1. The Morgan fingerprint density at radius 1 is 1.19 bits per heavy atom. The van der Waals surface area contributed by atoms with E-state index in [1.807, 2.05) is 0 Å². The Kier molecular flexibility index (Phi) is 6.01. The average molecular weight is 459 g/mol. The fourth-order valence-corrected chi connectivity index (χ4v) is 4.58. The van der Waals surface area contributed by atoms with Crippen LogP contribution in [-0.2, 0) is 17.4 Å². The maximum atomic E-state index is 12.9. The summed E-state index contributed by atoms with van der Waals surface area (Å²) in [4.78, 5) is 30.8. The van der Waals surface area contributed by atoms with Gasteiger partial charge in [0.25, 0.3) is 5.91 Å². The van der Waals surface area contributed by atoms with Gasteiger partial charge in [-0.3, -0.25) is 9.59 Å². The van der Waals surface area contributed by atoms with Crippen molar-refractivity contribution in [2.45, 2.75) is 32.4 Å². The zero-order chi connectivity index (χ0) is 22.9. The van der Waals surface area contributed by atoms with Crippen LogP contribution in [0.3, 0.4) is 0 Å². The standard InChI is InChI=1S/C23H20F3N3O2S/c1-14-22(32-19(27-14)12-15-5-2-7-17(11-15)23(24,25)26)28-21(31)16-6-3-8-18(13-16)29-10-4-9-20(29)30/h2-3,5-8,11,13H,4,9-10,12H2,1H3,(H,28,31). The molecule has 166 valence electrons. The van der Waals surface area contributed by atoms with E-state index in [4.69, 9.17) is 0 Å². The van der Waals surface area contributed by atoms with E-state index >= 15 is 0 Å². The minimum Gasteiger partial charge on any atom is -0.312 e. The lowest BCUT2D eigenvalue weighted by molar-refractivity contribution is -0.137. The van der Waals surface area contributed by atoms with Crippen molar-refractivity contribution in [1.29, 1.82) is 0 Å². The smallest absolute Gasteiger partial charge is 0.312 e. The second-order valence-corrected chi connectivity index (χ2v) is 8.63.